The molecule has 0 fully saturated rings. The average Bonchev–Trinajstić information content (AvgIpc) is 2.74. The lowest BCUT2D eigenvalue weighted by Gasteiger charge is -2.19. The van der Waals surface area contributed by atoms with Crippen molar-refractivity contribution in [2.24, 2.45) is 0 Å². The topological polar surface area (TPSA) is 85.8 Å². The zero-order valence-electron chi connectivity index (χ0n) is 11.9. The molecule has 1 aromatic carbocycles. The van der Waals surface area contributed by atoms with Crippen molar-refractivity contribution in [2.75, 3.05) is 11.1 Å². The van der Waals surface area contributed by atoms with Gasteiger partial charge in [0.05, 0.1) is 0 Å². The smallest absolute Gasteiger partial charge is 0.246 e. The highest BCUT2D eigenvalue weighted by molar-refractivity contribution is 5.90. The minimum atomic E-state index is -0.168. The summed E-state index contributed by atoms with van der Waals surface area (Å²) in [5, 5.41) is 6.67. The fraction of sp³-hybridized carbons (Fsp3) is 0.357. The number of nitrogen functional groups attached to an aromatic ring is 1. The zero-order chi connectivity index (χ0) is 14.8. The molecule has 1 amide bonds. The average molecular weight is 273 g/mol. The molecule has 0 atom stereocenters. The first-order valence-corrected chi connectivity index (χ1v) is 6.40. The third-order valence-corrected chi connectivity index (χ3v) is 2.89. The van der Waals surface area contributed by atoms with Gasteiger partial charge in [-0.2, -0.15) is 0 Å². The van der Waals surface area contributed by atoms with Gasteiger partial charge < -0.3 is 11.1 Å². The van der Waals surface area contributed by atoms with Gasteiger partial charge in [0.25, 0.3) is 0 Å². The van der Waals surface area contributed by atoms with Crippen molar-refractivity contribution in [3.63, 3.8) is 0 Å². The molecule has 0 saturated carbocycles. The maximum Gasteiger partial charge on any atom is 0.246 e. The molecule has 20 heavy (non-hydrogen) atoms. The lowest BCUT2D eigenvalue weighted by Crippen LogP contribution is -2.19. The Morgan fingerprint density at radius 1 is 1.30 bits per heavy atom. The maximum atomic E-state index is 11.8. The number of anilines is 2. The predicted octanol–water partition coefficient (Wildman–Crippen LogP) is 1.80. The predicted molar refractivity (Wildman–Crippen MR) is 78.2 cm³/mol. The van der Waals surface area contributed by atoms with Crippen LogP contribution in [0.3, 0.4) is 0 Å². The summed E-state index contributed by atoms with van der Waals surface area (Å²) in [4.78, 5) is 15.6. The summed E-state index contributed by atoms with van der Waals surface area (Å²) in [6.07, 6.45) is 1.43. The van der Waals surface area contributed by atoms with Crippen molar-refractivity contribution in [2.45, 2.75) is 32.7 Å². The van der Waals surface area contributed by atoms with Crippen LogP contribution in [0.15, 0.2) is 30.6 Å². The molecule has 0 radical (unpaired) electrons. The van der Waals surface area contributed by atoms with Crippen LogP contribution in [0.2, 0.25) is 0 Å². The summed E-state index contributed by atoms with van der Waals surface area (Å²) >= 11 is 0. The minimum Gasteiger partial charge on any atom is -0.367 e. The molecule has 0 aliphatic carbocycles. The van der Waals surface area contributed by atoms with Crippen LogP contribution in [0.5, 0.6) is 0 Å². The van der Waals surface area contributed by atoms with Gasteiger partial charge in [0, 0.05) is 5.69 Å². The van der Waals surface area contributed by atoms with Crippen molar-refractivity contribution in [1.29, 1.82) is 0 Å². The van der Waals surface area contributed by atoms with Gasteiger partial charge in [-0.05, 0) is 23.1 Å². The van der Waals surface area contributed by atoms with Gasteiger partial charge in [0.15, 0.2) is 0 Å². The Morgan fingerprint density at radius 3 is 2.45 bits per heavy atom. The first-order chi connectivity index (χ1) is 9.34. The number of nitrogens with two attached hydrogens (primary N) is 1. The van der Waals surface area contributed by atoms with Gasteiger partial charge >= 0.3 is 0 Å². The Labute approximate surface area is 118 Å². The third kappa shape index (κ3) is 3.57. The van der Waals surface area contributed by atoms with Gasteiger partial charge in [-0.1, -0.05) is 32.9 Å². The van der Waals surface area contributed by atoms with E-state index in [1.807, 2.05) is 24.3 Å². The fourth-order valence-electron chi connectivity index (χ4n) is 1.79. The monoisotopic (exact) mass is 273 g/mol. The number of carbonyl (C=O) groups excluding carboxylic acids is 1. The van der Waals surface area contributed by atoms with Crippen LogP contribution in [0.25, 0.3) is 0 Å². The summed E-state index contributed by atoms with van der Waals surface area (Å²) in [6.45, 7) is 6.53. The van der Waals surface area contributed by atoms with E-state index in [2.05, 4.69) is 36.2 Å². The van der Waals surface area contributed by atoms with E-state index in [1.165, 1.54) is 16.6 Å². The molecule has 0 aliphatic rings. The van der Waals surface area contributed by atoms with Crippen molar-refractivity contribution in [3.05, 3.63) is 36.2 Å². The van der Waals surface area contributed by atoms with E-state index in [0.717, 1.165) is 5.69 Å². The molecule has 6 nitrogen and oxygen atoms in total. The summed E-state index contributed by atoms with van der Waals surface area (Å²) in [6, 6.07) is 7.83. The van der Waals surface area contributed by atoms with Gasteiger partial charge in [-0.15, -0.1) is 5.10 Å². The number of benzene rings is 1. The SMILES string of the molecule is CC(C)(C)c1ccc(NC(=O)Cn2cnc(N)n2)cc1. The standard InChI is InChI=1S/C14H19N5O/c1-14(2,3)10-4-6-11(7-5-10)17-12(20)8-19-9-16-13(15)18-19/h4-7,9H,8H2,1-3H3,(H2,15,18)(H,17,20). The molecule has 0 bridgehead atoms. The lowest BCUT2D eigenvalue weighted by atomic mass is 9.87. The number of carbonyl (C=O) groups is 1. The van der Waals surface area contributed by atoms with E-state index in [1.54, 1.807) is 0 Å². The second-order valence-electron chi connectivity index (χ2n) is 5.68. The molecule has 1 heterocycles. The molecule has 0 aliphatic heterocycles. The van der Waals surface area contributed by atoms with Crippen LogP contribution in [-0.2, 0) is 16.8 Å². The number of rotatable bonds is 3. The Bertz CT molecular complexity index is 595. The molecular formula is C14H19N5O. The number of hydrogen-bond donors (Lipinski definition) is 2. The molecule has 3 N–H and O–H groups in total. The summed E-state index contributed by atoms with van der Waals surface area (Å²) in [5.74, 6) is -0.00858. The molecular weight excluding hydrogens is 254 g/mol. The van der Waals surface area contributed by atoms with Gasteiger partial charge in [0.2, 0.25) is 11.9 Å². The van der Waals surface area contributed by atoms with Crippen LogP contribution in [-0.4, -0.2) is 20.7 Å². The van der Waals surface area contributed by atoms with E-state index < -0.39 is 0 Å². The molecule has 6 heteroatoms. The van der Waals surface area contributed by atoms with Crippen LogP contribution in [0.1, 0.15) is 26.3 Å². The molecule has 0 spiro atoms. The normalized spacial score (nSPS) is 11.3. The van der Waals surface area contributed by atoms with E-state index in [0.29, 0.717) is 0 Å². The molecule has 1 aromatic heterocycles. The number of amides is 1. The van der Waals surface area contributed by atoms with Crippen molar-refractivity contribution < 1.29 is 4.79 Å². The third-order valence-electron chi connectivity index (χ3n) is 2.89. The van der Waals surface area contributed by atoms with Crippen LogP contribution < -0.4 is 11.1 Å². The Hall–Kier alpha value is -2.37. The van der Waals surface area contributed by atoms with Crippen molar-refractivity contribution in [3.8, 4) is 0 Å². The fourth-order valence-corrected chi connectivity index (χ4v) is 1.79. The maximum absolute atomic E-state index is 11.8. The van der Waals surface area contributed by atoms with Crippen LogP contribution in [0, 0.1) is 0 Å². The first kappa shape index (κ1) is 14.0. The van der Waals surface area contributed by atoms with Gasteiger partial charge in [0.1, 0.15) is 12.9 Å². The molecule has 0 unspecified atom stereocenters. The zero-order valence-corrected chi connectivity index (χ0v) is 11.9. The lowest BCUT2D eigenvalue weighted by molar-refractivity contribution is -0.116. The Balaban J connectivity index is 1.98. The number of nitrogens with one attached hydrogen (secondary N) is 1. The largest absolute Gasteiger partial charge is 0.367 e. The van der Waals surface area contributed by atoms with Crippen molar-refractivity contribution >= 4 is 17.5 Å². The quantitative estimate of drug-likeness (QED) is 0.892. The summed E-state index contributed by atoms with van der Waals surface area (Å²) < 4.78 is 1.40. The number of aromatic nitrogens is 3. The second kappa shape index (κ2) is 5.32. The highest BCUT2D eigenvalue weighted by atomic mass is 16.2. The van der Waals surface area contributed by atoms with E-state index in [-0.39, 0.29) is 23.8 Å². The number of hydrogen-bond acceptors (Lipinski definition) is 4. The molecule has 106 valence electrons. The van der Waals surface area contributed by atoms with Gasteiger partial charge in [-0.25, -0.2) is 9.67 Å². The van der Waals surface area contributed by atoms with E-state index in [4.69, 9.17) is 5.73 Å². The van der Waals surface area contributed by atoms with Crippen LogP contribution >= 0.6 is 0 Å². The second-order valence-corrected chi connectivity index (χ2v) is 5.68. The van der Waals surface area contributed by atoms with Crippen LogP contribution in [0.4, 0.5) is 11.6 Å². The summed E-state index contributed by atoms with van der Waals surface area (Å²) in [5.41, 5.74) is 7.47. The van der Waals surface area contributed by atoms with Crippen molar-refractivity contribution in [1.82, 2.24) is 14.8 Å². The van der Waals surface area contributed by atoms with E-state index in [9.17, 15) is 4.79 Å². The Morgan fingerprint density at radius 2 is 1.95 bits per heavy atom. The van der Waals surface area contributed by atoms with Gasteiger partial charge in [-0.3, -0.25) is 4.79 Å². The first-order valence-electron chi connectivity index (χ1n) is 6.40. The summed E-state index contributed by atoms with van der Waals surface area (Å²) in [7, 11) is 0. The molecule has 0 saturated heterocycles. The highest BCUT2D eigenvalue weighted by Gasteiger charge is 2.13. The molecule has 2 aromatic rings. The Kier molecular flexibility index (Phi) is 3.74. The highest BCUT2D eigenvalue weighted by Crippen LogP contribution is 2.23. The number of nitrogens with zero attached hydrogens (tertiary/aromatic N) is 3. The minimum absolute atomic E-state index is 0.0885. The molecule has 2 rings (SSSR count). The van der Waals surface area contributed by atoms with E-state index >= 15 is 0 Å².